The van der Waals surface area contributed by atoms with Gasteiger partial charge in [0, 0.05) is 14.8 Å². The van der Waals surface area contributed by atoms with Gasteiger partial charge in [-0.25, -0.2) is 4.79 Å². The summed E-state index contributed by atoms with van der Waals surface area (Å²) in [5.41, 5.74) is 0.771. The molecule has 2 aromatic carbocycles. The van der Waals surface area contributed by atoms with Crippen LogP contribution in [0.5, 0.6) is 0 Å². The number of nitriles is 1. The van der Waals surface area contributed by atoms with Crippen LogP contribution in [-0.4, -0.2) is 11.1 Å². The van der Waals surface area contributed by atoms with E-state index >= 15 is 0 Å². The smallest absolute Gasteiger partial charge is 0.335 e. The van der Waals surface area contributed by atoms with E-state index in [2.05, 4.69) is 6.07 Å². The van der Waals surface area contributed by atoms with Gasteiger partial charge < -0.3 is 5.11 Å². The summed E-state index contributed by atoms with van der Waals surface area (Å²) in [6.45, 7) is 0. The average molecular weight is 290 g/mol. The van der Waals surface area contributed by atoms with E-state index in [1.807, 2.05) is 0 Å². The molecule has 0 fully saturated rings. The molecular formula is C14H8ClNO2S. The highest BCUT2D eigenvalue weighted by Gasteiger charge is 2.07. The molecule has 0 aromatic heterocycles. The highest BCUT2D eigenvalue weighted by Crippen LogP contribution is 2.32. The van der Waals surface area contributed by atoms with Crippen molar-refractivity contribution >= 4 is 29.3 Å². The second-order valence-corrected chi connectivity index (χ2v) is 5.24. The first kappa shape index (κ1) is 13.5. The van der Waals surface area contributed by atoms with Gasteiger partial charge >= 0.3 is 5.97 Å². The topological polar surface area (TPSA) is 61.1 Å². The van der Waals surface area contributed by atoms with Gasteiger partial charge in [0.2, 0.25) is 0 Å². The number of carboxylic acids is 1. The van der Waals surface area contributed by atoms with Crippen LogP contribution in [0.25, 0.3) is 0 Å². The maximum atomic E-state index is 10.7. The first-order valence-electron chi connectivity index (χ1n) is 5.31. The summed E-state index contributed by atoms with van der Waals surface area (Å²) in [7, 11) is 0. The Labute approximate surface area is 119 Å². The molecule has 3 nitrogen and oxygen atoms in total. The monoisotopic (exact) mass is 289 g/mol. The Bertz CT molecular complexity index is 662. The Balaban J connectivity index is 2.28. The third kappa shape index (κ3) is 3.28. The number of hydrogen-bond acceptors (Lipinski definition) is 3. The molecule has 2 aromatic rings. The van der Waals surface area contributed by atoms with E-state index < -0.39 is 5.97 Å². The zero-order chi connectivity index (χ0) is 13.8. The van der Waals surface area contributed by atoms with Crippen molar-refractivity contribution in [3.8, 4) is 6.07 Å². The second-order valence-electron chi connectivity index (χ2n) is 3.68. The third-order valence-electron chi connectivity index (χ3n) is 2.39. The molecule has 0 spiro atoms. The first-order chi connectivity index (χ1) is 9.10. The SMILES string of the molecule is N#Cc1ccc(Cl)cc1Sc1ccc(C(=O)O)cc1. The molecule has 0 radical (unpaired) electrons. The predicted octanol–water partition coefficient (Wildman–Crippen LogP) is 4.06. The van der Waals surface area contributed by atoms with Crippen LogP contribution >= 0.6 is 23.4 Å². The van der Waals surface area contributed by atoms with Crippen molar-refractivity contribution in [2.45, 2.75) is 9.79 Å². The first-order valence-corrected chi connectivity index (χ1v) is 6.50. The molecule has 0 aliphatic heterocycles. The zero-order valence-corrected chi connectivity index (χ0v) is 11.2. The highest BCUT2D eigenvalue weighted by molar-refractivity contribution is 7.99. The third-order valence-corrected chi connectivity index (χ3v) is 3.69. The van der Waals surface area contributed by atoms with E-state index in [4.69, 9.17) is 22.0 Å². The lowest BCUT2D eigenvalue weighted by Crippen LogP contribution is -1.94. The van der Waals surface area contributed by atoms with Crippen LogP contribution in [-0.2, 0) is 0 Å². The number of rotatable bonds is 3. The molecule has 0 saturated heterocycles. The molecule has 0 unspecified atom stereocenters. The van der Waals surface area contributed by atoms with Gasteiger partial charge in [-0.3, -0.25) is 0 Å². The number of aromatic carboxylic acids is 1. The molecule has 0 bridgehead atoms. The van der Waals surface area contributed by atoms with E-state index in [1.165, 1.54) is 23.9 Å². The van der Waals surface area contributed by atoms with Crippen LogP contribution in [0.2, 0.25) is 5.02 Å². The van der Waals surface area contributed by atoms with Crippen molar-refractivity contribution < 1.29 is 9.90 Å². The summed E-state index contributed by atoms with van der Waals surface area (Å²) >= 11 is 7.28. The molecule has 0 aliphatic rings. The second kappa shape index (κ2) is 5.79. The van der Waals surface area contributed by atoms with Crippen LogP contribution in [0.3, 0.4) is 0 Å². The summed E-state index contributed by atoms with van der Waals surface area (Å²) < 4.78 is 0. The van der Waals surface area contributed by atoms with E-state index in [0.717, 1.165) is 9.79 Å². The molecule has 5 heteroatoms. The maximum Gasteiger partial charge on any atom is 0.335 e. The summed E-state index contributed by atoms with van der Waals surface area (Å²) in [6, 6.07) is 13.6. The van der Waals surface area contributed by atoms with Crippen LogP contribution in [0.1, 0.15) is 15.9 Å². The van der Waals surface area contributed by atoms with Crippen molar-refractivity contribution in [1.29, 1.82) is 5.26 Å². The molecule has 0 heterocycles. The van der Waals surface area contributed by atoms with E-state index in [1.54, 1.807) is 30.3 Å². The van der Waals surface area contributed by atoms with Gasteiger partial charge in [0.25, 0.3) is 0 Å². The summed E-state index contributed by atoms with van der Waals surface area (Å²) in [5.74, 6) is -0.961. The summed E-state index contributed by atoms with van der Waals surface area (Å²) in [4.78, 5) is 12.3. The van der Waals surface area contributed by atoms with E-state index in [-0.39, 0.29) is 5.56 Å². The van der Waals surface area contributed by atoms with Gasteiger partial charge in [-0.15, -0.1) is 0 Å². The molecule has 0 atom stereocenters. The standard InChI is InChI=1S/C14H8ClNO2S/c15-11-4-1-10(8-16)13(7-11)19-12-5-2-9(3-6-12)14(17)18/h1-7H,(H,17,18). The molecule has 1 N–H and O–H groups in total. The minimum atomic E-state index is -0.961. The highest BCUT2D eigenvalue weighted by atomic mass is 35.5. The lowest BCUT2D eigenvalue weighted by molar-refractivity contribution is 0.0697. The molecular weight excluding hydrogens is 282 g/mol. The predicted molar refractivity (Wildman–Crippen MR) is 73.7 cm³/mol. The molecule has 0 amide bonds. The quantitative estimate of drug-likeness (QED) is 0.925. The fourth-order valence-corrected chi connectivity index (χ4v) is 2.64. The summed E-state index contributed by atoms with van der Waals surface area (Å²) in [6.07, 6.45) is 0. The Kier molecular flexibility index (Phi) is 4.10. The Morgan fingerprint density at radius 1 is 1.21 bits per heavy atom. The molecule has 0 saturated carbocycles. The largest absolute Gasteiger partial charge is 0.478 e. The lowest BCUT2D eigenvalue weighted by atomic mass is 10.2. The molecule has 94 valence electrons. The van der Waals surface area contributed by atoms with E-state index in [0.29, 0.717) is 10.6 Å². The van der Waals surface area contributed by atoms with Gasteiger partial charge in [0.05, 0.1) is 11.1 Å². The average Bonchev–Trinajstić information content (AvgIpc) is 2.39. The Morgan fingerprint density at radius 3 is 2.47 bits per heavy atom. The number of nitrogens with zero attached hydrogens (tertiary/aromatic N) is 1. The van der Waals surface area contributed by atoms with Gasteiger partial charge in [-0.1, -0.05) is 23.4 Å². The van der Waals surface area contributed by atoms with Crippen molar-refractivity contribution in [3.63, 3.8) is 0 Å². The summed E-state index contributed by atoms with van der Waals surface area (Å²) in [5, 5.41) is 18.4. The fraction of sp³-hybridized carbons (Fsp3) is 0. The van der Waals surface area contributed by atoms with Crippen LogP contribution in [0, 0.1) is 11.3 Å². The van der Waals surface area contributed by atoms with Crippen LogP contribution in [0.4, 0.5) is 0 Å². The number of halogens is 1. The van der Waals surface area contributed by atoms with E-state index in [9.17, 15) is 4.79 Å². The Morgan fingerprint density at radius 2 is 1.89 bits per heavy atom. The van der Waals surface area contributed by atoms with Gasteiger partial charge in [-0.2, -0.15) is 5.26 Å². The minimum absolute atomic E-state index is 0.232. The van der Waals surface area contributed by atoms with Crippen molar-refractivity contribution in [1.82, 2.24) is 0 Å². The van der Waals surface area contributed by atoms with Crippen LogP contribution < -0.4 is 0 Å². The van der Waals surface area contributed by atoms with Crippen molar-refractivity contribution in [2.24, 2.45) is 0 Å². The lowest BCUT2D eigenvalue weighted by Gasteiger charge is -2.05. The number of carboxylic acid groups (broad SMARTS) is 1. The minimum Gasteiger partial charge on any atom is -0.478 e. The normalized spacial score (nSPS) is 9.89. The van der Waals surface area contributed by atoms with Gasteiger partial charge in [-0.05, 0) is 42.5 Å². The number of hydrogen-bond donors (Lipinski definition) is 1. The Hall–Kier alpha value is -1.96. The number of benzene rings is 2. The van der Waals surface area contributed by atoms with Crippen molar-refractivity contribution in [2.75, 3.05) is 0 Å². The number of carbonyl (C=O) groups is 1. The zero-order valence-electron chi connectivity index (χ0n) is 9.63. The fourth-order valence-electron chi connectivity index (χ4n) is 1.47. The van der Waals surface area contributed by atoms with Gasteiger partial charge in [0.15, 0.2) is 0 Å². The van der Waals surface area contributed by atoms with Crippen LogP contribution in [0.15, 0.2) is 52.3 Å². The maximum absolute atomic E-state index is 10.7. The van der Waals surface area contributed by atoms with Crippen molar-refractivity contribution in [3.05, 3.63) is 58.6 Å². The molecule has 0 aliphatic carbocycles. The molecule has 19 heavy (non-hydrogen) atoms. The molecule has 2 rings (SSSR count). The van der Waals surface area contributed by atoms with Gasteiger partial charge in [0.1, 0.15) is 6.07 Å².